The number of aryl methyl sites for hydroxylation is 2. The Hall–Kier alpha value is -3.02. The number of hydrogen-bond acceptors (Lipinski definition) is 3. The highest BCUT2D eigenvalue weighted by Crippen LogP contribution is 2.30. The molecule has 1 aliphatic rings. The van der Waals surface area contributed by atoms with E-state index in [1.165, 1.54) is 17.7 Å². The van der Waals surface area contributed by atoms with Crippen molar-refractivity contribution in [2.75, 3.05) is 14.2 Å². The second-order valence-corrected chi connectivity index (χ2v) is 7.47. The van der Waals surface area contributed by atoms with E-state index < -0.39 is 0 Å². The van der Waals surface area contributed by atoms with Gasteiger partial charge in [-0.25, -0.2) is 4.39 Å². The summed E-state index contributed by atoms with van der Waals surface area (Å²) in [6.07, 6.45) is 3.55. The number of fused-ring (bicyclic) bond motifs is 3. The van der Waals surface area contributed by atoms with Crippen molar-refractivity contribution >= 4 is 16.8 Å². The molecule has 29 heavy (non-hydrogen) atoms. The van der Waals surface area contributed by atoms with Gasteiger partial charge in [-0.3, -0.25) is 4.79 Å². The predicted octanol–water partition coefficient (Wildman–Crippen LogP) is 3.93. The number of ether oxygens (including phenoxy) is 2. The summed E-state index contributed by atoms with van der Waals surface area (Å²) < 4.78 is 24.0. The maximum atomic E-state index is 13.5. The van der Waals surface area contributed by atoms with Gasteiger partial charge in [0.1, 0.15) is 5.82 Å². The molecule has 2 aromatic carbocycles. The van der Waals surface area contributed by atoms with Crippen molar-refractivity contribution < 1.29 is 18.7 Å². The molecule has 1 atom stereocenters. The number of nitrogens with one attached hydrogen (secondary N) is 2. The zero-order chi connectivity index (χ0) is 20.4. The Morgan fingerprint density at radius 2 is 2.00 bits per heavy atom. The molecule has 152 valence electrons. The summed E-state index contributed by atoms with van der Waals surface area (Å²) in [5.74, 6) is 1.15. The summed E-state index contributed by atoms with van der Waals surface area (Å²) in [7, 11) is 3.20. The van der Waals surface area contributed by atoms with Gasteiger partial charge in [0.15, 0.2) is 11.5 Å². The number of amides is 1. The summed E-state index contributed by atoms with van der Waals surface area (Å²) in [5.41, 5.74) is 4.20. The van der Waals surface area contributed by atoms with Gasteiger partial charge in [0.2, 0.25) is 5.91 Å². The molecule has 0 saturated carbocycles. The molecule has 1 unspecified atom stereocenters. The second kappa shape index (κ2) is 8.15. The first-order chi connectivity index (χ1) is 14.1. The molecule has 0 radical (unpaired) electrons. The lowest BCUT2D eigenvalue weighted by Crippen LogP contribution is -2.38. The van der Waals surface area contributed by atoms with E-state index in [-0.39, 0.29) is 17.8 Å². The summed E-state index contributed by atoms with van der Waals surface area (Å²) in [6, 6.07) is 10.7. The van der Waals surface area contributed by atoms with Gasteiger partial charge in [0.05, 0.1) is 14.2 Å². The van der Waals surface area contributed by atoms with E-state index in [0.29, 0.717) is 24.3 Å². The fourth-order valence-electron chi connectivity index (χ4n) is 4.11. The van der Waals surface area contributed by atoms with Crippen LogP contribution in [0.15, 0.2) is 36.4 Å². The number of H-pyrrole nitrogens is 1. The van der Waals surface area contributed by atoms with Crippen LogP contribution in [0.1, 0.15) is 29.7 Å². The maximum absolute atomic E-state index is 13.5. The highest BCUT2D eigenvalue weighted by Gasteiger charge is 2.23. The summed E-state index contributed by atoms with van der Waals surface area (Å²) in [4.78, 5) is 15.8. The molecule has 0 aliphatic heterocycles. The normalized spacial score (nSPS) is 15.8. The Morgan fingerprint density at radius 1 is 1.17 bits per heavy atom. The number of halogens is 1. The minimum Gasteiger partial charge on any atom is -0.493 e. The van der Waals surface area contributed by atoms with Crippen LogP contribution in [0.5, 0.6) is 11.5 Å². The number of rotatable bonds is 6. The Labute approximate surface area is 169 Å². The van der Waals surface area contributed by atoms with Gasteiger partial charge in [-0.2, -0.15) is 0 Å². The third-order valence-corrected chi connectivity index (χ3v) is 5.60. The molecular weight excluding hydrogens is 371 g/mol. The average Bonchev–Trinajstić information content (AvgIpc) is 3.08. The number of methoxy groups -OCH3 is 2. The Kier molecular flexibility index (Phi) is 5.43. The molecule has 6 heteroatoms. The van der Waals surface area contributed by atoms with Crippen molar-refractivity contribution in [3.63, 3.8) is 0 Å². The monoisotopic (exact) mass is 396 g/mol. The van der Waals surface area contributed by atoms with Crippen LogP contribution in [0, 0.1) is 5.82 Å². The second-order valence-electron chi connectivity index (χ2n) is 7.47. The Balaban J connectivity index is 1.37. The third kappa shape index (κ3) is 4.06. The van der Waals surface area contributed by atoms with Gasteiger partial charge in [-0.1, -0.05) is 6.07 Å². The highest BCUT2D eigenvalue weighted by molar-refractivity contribution is 5.85. The molecule has 0 fully saturated rings. The average molecular weight is 396 g/mol. The molecule has 1 amide bonds. The lowest BCUT2D eigenvalue weighted by molar-refractivity contribution is -0.121. The lowest BCUT2D eigenvalue weighted by Gasteiger charge is -2.23. The Bertz CT molecular complexity index is 1040. The van der Waals surface area contributed by atoms with Crippen LogP contribution in [0.3, 0.4) is 0 Å². The quantitative estimate of drug-likeness (QED) is 0.664. The smallest absolute Gasteiger partial charge is 0.220 e. The summed E-state index contributed by atoms with van der Waals surface area (Å²) >= 11 is 0. The van der Waals surface area contributed by atoms with Crippen molar-refractivity contribution in [1.29, 1.82) is 0 Å². The van der Waals surface area contributed by atoms with Gasteiger partial charge in [0, 0.05) is 29.1 Å². The van der Waals surface area contributed by atoms with E-state index >= 15 is 0 Å². The van der Waals surface area contributed by atoms with Crippen molar-refractivity contribution in [2.45, 2.75) is 38.1 Å². The van der Waals surface area contributed by atoms with Gasteiger partial charge >= 0.3 is 0 Å². The molecule has 1 heterocycles. The van der Waals surface area contributed by atoms with E-state index in [4.69, 9.17) is 9.47 Å². The molecule has 1 aliphatic carbocycles. The zero-order valence-corrected chi connectivity index (χ0v) is 16.7. The fourth-order valence-corrected chi connectivity index (χ4v) is 4.11. The molecule has 2 N–H and O–H groups in total. The molecule has 4 rings (SSSR count). The predicted molar refractivity (Wildman–Crippen MR) is 110 cm³/mol. The number of aromatic nitrogens is 1. The van der Waals surface area contributed by atoms with E-state index in [0.717, 1.165) is 41.4 Å². The van der Waals surface area contributed by atoms with E-state index in [2.05, 4.69) is 10.3 Å². The number of carbonyl (C=O) groups excluding carboxylic acids is 1. The lowest BCUT2D eigenvalue weighted by atomic mass is 9.91. The first-order valence-corrected chi connectivity index (χ1v) is 9.86. The van der Waals surface area contributed by atoms with Gasteiger partial charge < -0.3 is 19.8 Å². The minimum absolute atomic E-state index is 0.0409. The fraction of sp³-hybridized carbons (Fsp3) is 0.348. The SMILES string of the molecule is COc1ccc(CCC(=O)NC2CCc3[nH]c4cc(F)ccc4c3C2)cc1OC. The van der Waals surface area contributed by atoms with Gasteiger partial charge in [-0.15, -0.1) is 0 Å². The van der Waals surface area contributed by atoms with Gasteiger partial charge in [0.25, 0.3) is 0 Å². The molecule has 5 nitrogen and oxygen atoms in total. The minimum atomic E-state index is -0.240. The Morgan fingerprint density at radius 3 is 2.79 bits per heavy atom. The molecule has 0 saturated heterocycles. The van der Waals surface area contributed by atoms with Crippen LogP contribution < -0.4 is 14.8 Å². The van der Waals surface area contributed by atoms with Crippen LogP contribution >= 0.6 is 0 Å². The zero-order valence-electron chi connectivity index (χ0n) is 16.7. The van der Waals surface area contributed by atoms with Crippen LogP contribution in [-0.4, -0.2) is 31.2 Å². The molecular formula is C23H25FN2O3. The third-order valence-electron chi connectivity index (χ3n) is 5.60. The number of carbonyl (C=O) groups is 1. The standard InChI is InChI=1S/C23H25FN2O3/c1-28-21-9-3-14(11-22(21)29-2)4-10-23(27)25-16-6-8-19-18(13-16)17-7-5-15(24)12-20(17)26-19/h3,5,7,9,11-12,16,26H,4,6,8,10,13H2,1-2H3,(H,25,27). The molecule has 1 aromatic heterocycles. The number of benzene rings is 2. The van der Waals surface area contributed by atoms with Crippen LogP contribution in [0.2, 0.25) is 0 Å². The summed E-state index contributed by atoms with van der Waals surface area (Å²) in [6.45, 7) is 0. The first-order valence-electron chi connectivity index (χ1n) is 9.86. The van der Waals surface area contributed by atoms with Crippen LogP contribution in [0.4, 0.5) is 4.39 Å². The molecule has 0 spiro atoms. The van der Waals surface area contributed by atoms with Crippen LogP contribution in [0.25, 0.3) is 10.9 Å². The first kappa shape index (κ1) is 19.3. The van der Waals surface area contributed by atoms with Crippen molar-refractivity contribution in [2.24, 2.45) is 0 Å². The number of hydrogen-bond donors (Lipinski definition) is 2. The van der Waals surface area contributed by atoms with Crippen LogP contribution in [-0.2, 0) is 24.1 Å². The maximum Gasteiger partial charge on any atom is 0.220 e. The van der Waals surface area contributed by atoms with Crippen molar-refractivity contribution in [1.82, 2.24) is 10.3 Å². The topological polar surface area (TPSA) is 63.3 Å². The van der Waals surface area contributed by atoms with Crippen molar-refractivity contribution in [3.05, 3.63) is 59.0 Å². The highest BCUT2D eigenvalue weighted by atomic mass is 19.1. The van der Waals surface area contributed by atoms with Gasteiger partial charge in [-0.05, 0) is 67.1 Å². The summed E-state index contributed by atoms with van der Waals surface area (Å²) in [5, 5.41) is 4.21. The largest absolute Gasteiger partial charge is 0.493 e. The van der Waals surface area contributed by atoms with E-state index in [1.54, 1.807) is 14.2 Å². The molecule has 3 aromatic rings. The molecule has 0 bridgehead atoms. The van der Waals surface area contributed by atoms with Crippen molar-refractivity contribution in [3.8, 4) is 11.5 Å². The number of aromatic amines is 1. The van der Waals surface area contributed by atoms with E-state index in [9.17, 15) is 9.18 Å². The van der Waals surface area contributed by atoms with E-state index in [1.807, 2.05) is 24.3 Å².